The number of nitrogens with one attached hydrogen (secondary N) is 1. The summed E-state index contributed by atoms with van der Waals surface area (Å²) in [5, 5.41) is 4.00. The van der Waals surface area contributed by atoms with E-state index >= 15 is 0 Å². The van der Waals surface area contributed by atoms with Gasteiger partial charge in [-0.15, -0.1) is 0 Å². The van der Waals surface area contributed by atoms with Gasteiger partial charge in [0.2, 0.25) is 0 Å². The molecule has 0 aromatic heterocycles. The van der Waals surface area contributed by atoms with Crippen LogP contribution in [0.1, 0.15) is 36.0 Å². The quantitative estimate of drug-likeness (QED) is 0.864. The number of carbonyl (C=O) groups excluding carboxylic acids is 1. The second-order valence-electron chi connectivity index (χ2n) is 5.05. The van der Waals surface area contributed by atoms with Gasteiger partial charge in [-0.1, -0.05) is 11.6 Å². The number of esters is 1. The Morgan fingerprint density at radius 3 is 2.85 bits per heavy atom. The lowest BCUT2D eigenvalue weighted by Gasteiger charge is -2.30. The van der Waals surface area contributed by atoms with E-state index in [2.05, 4.69) is 5.32 Å². The van der Waals surface area contributed by atoms with Crippen molar-refractivity contribution in [1.29, 1.82) is 0 Å². The van der Waals surface area contributed by atoms with Gasteiger partial charge in [-0.2, -0.15) is 0 Å². The van der Waals surface area contributed by atoms with E-state index in [1.54, 1.807) is 25.3 Å². The van der Waals surface area contributed by atoms with Gasteiger partial charge in [0.25, 0.3) is 0 Å². The Labute approximate surface area is 124 Å². The maximum absolute atomic E-state index is 11.8. The zero-order valence-corrected chi connectivity index (χ0v) is 12.6. The molecule has 0 bridgehead atoms. The summed E-state index contributed by atoms with van der Waals surface area (Å²) in [7, 11) is 3.12. The summed E-state index contributed by atoms with van der Waals surface area (Å²) in [6.45, 7) is 0. The average molecular weight is 298 g/mol. The number of methoxy groups -OCH3 is 2. The lowest BCUT2D eigenvalue weighted by atomic mass is 9.92. The van der Waals surface area contributed by atoms with Crippen molar-refractivity contribution in [3.8, 4) is 0 Å². The highest BCUT2D eigenvalue weighted by atomic mass is 35.5. The Morgan fingerprint density at radius 2 is 2.15 bits per heavy atom. The lowest BCUT2D eigenvalue weighted by molar-refractivity contribution is 0.0601. The summed E-state index contributed by atoms with van der Waals surface area (Å²) in [6, 6.07) is 5.44. The zero-order chi connectivity index (χ0) is 14.5. The standard InChI is InChI=1S/C15H20ClNO3/c1-19-12-5-3-4-11(9-12)17-14-8-10(16)6-7-13(14)15(18)20-2/h6-8,11-12,17H,3-5,9H2,1-2H3. The van der Waals surface area contributed by atoms with Crippen molar-refractivity contribution in [3.63, 3.8) is 0 Å². The Hall–Kier alpha value is -1.26. The molecule has 1 aliphatic carbocycles. The summed E-state index contributed by atoms with van der Waals surface area (Å²) in [4.78, 5) is 11.8. The number of halogens is 1. The van der Waals surface area contributed by atoms with E-state index in [1.807, 2.05) is 0 Å². The van der Waals surface area contributed by atoms with Crippen LogP contribution in [0.2, 0.25) is 5.02 Å². The van der Waals surface area contributed by atoms with Crippen molar-refractivity contribution < 1.29 is 14.3 Å². The first-order valence-corrected chi connectivity index (χ1v) is 7.19. The van der Waals surface area contributed by atoms with E-state index in [0.717, 1.165) is 31.4 Å². The van der Waals surface area contributed by atoms with Crippen LogP contribution in [-0.2, 0) is 9.47 Å². The van der Waals surface area contributed by atoms with Crippen molar-refractivity contribution in [2.75, 3.05) is 19.5 Å². The second-order valence-corrected chi connectivity index (χ2v) is 5.48. The third kappa shape index (κ3) is 3.64. The maximum Gasteiger partial charge on any atom is 0.339 e. The molecule has 0 radical (unpaired) electrons. The Balaban J connectivity index is 2.15. The van der Waals surface area contributed by atoms with Crippen molar-refractivity contribution in [1.82, 2.24) is 0 Å². The minimum atomic E-state index is -0.358. The van der Waals surface area contributed by atoms with Crippen molar-refractivity contribution in [2.45, 2.75) is 37.8 Å². The first kappa shape index (κ1) is 15.1. The minimum absolute atomic E-state index is 0.280. The Kier molecular flexibility index (Phi) is 5.26. The average Bonchev–Trinajstić information content (AvgIpc) is 2.47. The summed E-state index contributed by atoms with van der Waals surface area (Å²) in [6.07, 6.45) is 4.48. The molecule has 2 unspecified atom stereocenters. The van der Waals surface area contributed by atoms with E-state index in [-0.39, 0.29) is 18.1 Å². The van der Waals surface area contributed by atoms with Gasteiger partial charge in [0.05, 0.1) is 24.5 Å². The molecule has 1 aliphatic rings. The van der Waals surface area contributed by atoms with E-state index in [9.17, 15) is 4.79 Å². The van der Waals surface area contributed by atoms with Crippen LogP contribution in [0, 0.1) is 0 Å². The third-order valence-electron chi connectivity index (χ3n) is 3.71. The molecule has 1 fully saturated rings. The number of benzene rings is 1. The predicted octanol–water partition coefficient (Wildman–Crippen LogP) is 3.50. The van der Waals surface area contributed by atoms with Crippen LogP contribution in [-0.4, -0.2) is 32.3 Å². The smallest absolute Gasteiger partial charge is 0.339 e. The van der Waals surface area contributed by atoms with Gasteiger partial charge in [0, 0.05) is 18.2 Å². The Morgan fingerprint density at radius 1 is 1.35 bits per heavy atom. The van der Waals surface area contributed by atoms with Crippen LogP contribution in [0.4, 0.5) is 5.69 Å². The molecule has 0 heterocycles. The predicted molar refractivity (Wildman–Crippen MR) is 79.5 cm³/mol. The highest BCUT2D eigenvalue weighted by molar-refractivity contribution is 6.31. The van der Waals surface area contributed by atoms with Crippen LogP contribution in [0.15, 0.2) is 18.2 Å². The topological polar surface area (TPSA) is 47.6 Å². The molecule has 1 N–H and O–H groups in total. The van der Waals surface area contributed by atoms with Crippen LogP contribution in [0.25, 0.3) is 0 Å². The van der Waals surface area contributed by atoms with Gasteiger partial charge >= 0.3 is 5.97 Å². The lowest BCUT2D eigenvalue weighted by Crippen LogP contribution is -2.31. The molecule has 0 aliphatic heterocycles. The Bertz CT molecular complexity index is 478. The number of ether oxygens (including phenoxy) is 2. The fraction of sp³-hybridized carbons (Fsp3) is 0.533. The molecule has 2 atom stereocenters. The van der Waals surface area contributed by atoms with Crippen LogP contribution in [0.5, 0.6) is 0 Å². The van der Waals surface area contributed by atoms with Gasteiger partial charge in [0.1, 0.15) is 0 Å². The van der Waals surface area contributed by atoms with E-state index in [1.165, 1.54) is 7.11 Å². The van der Waals surface area contributed by atoms with Gasteiger partial charge in [0.15, 0.2) is 0 Å². The number of anilines is 1. The maximum atomic E-state index is 11.8. The van der Waals surface area contributed by atoms with Gasteiger partial charge in [-0.25, -0.2) is 4.79 Å². The highest BCUT2D eigenvalue weighted by Gasteiger charge is 2.23. The second kappa shape index (κ2) is 6.95. The number of hydrogen-bond acceptors (Lipinski definition) is 4. The molecule has 4 nitrogen and oxygen atoms in total. The molecule has 20 heavy (non-hydrogen) atoms. The highest BCUT2D eigenvalue weighted by Crippen LogP contribution is 2.27. The minimum Gasteiger partial charge on any atom is -0.465 e. The van der Waals surface area contributed by atoms with Crippen LogP contribution in [0.3, 0.4) is 0 Å². The molecular weight excluding hydrogens is 278 g/mol. The van der Waals surface area contributed by atoms with Crippen molar-refractivity contribution >= 4 is 23.3 Å². The molecular formula is C15H20ClNO3. The SMILES string of the molecule is COC(=O)c1ccc(Cl)cc1NC1CCCC(OC)C1. The summed E-state index contributed by atoms with van der Waals surface area (Å²) in [5.41, 5.74) is 1.24. The van der Waals surface area contributed by atoms with E-state index < -0.39 is 0 Å². The molecule has 0 spiro atoms. The fourth-order valence-electron chi connectivity index (χ4n) is 2.63. The monoisotopic (exact) mass is 297 g/mol. The fourth-order valence-corrected chi connectivity index (χ4v) is 2.81. The summed E-state index contributed by atoms with van der Waals surface area (Å²) < 4.78 is 10.2. The normalized spacial score (nSPS) is 22.4. The van der Waals surface area contributed by atoms with Crippen molar-refractivity contribution in [3.05, 3.63) is 28.8 Å². The van der Waals surface area contributed by atoms with Crippen molar-refractivity contribution in [2.24, 2.45) is 0 Å². The largest absolute Gasteiger partial charge is 0.465 e. The summed E-state index contributed by atoms with van der Waals surface area (Å²) in [5.74, 6) is -0.358. The van der Waals surface area contributed by atoms with E-state index in [4.69, 9.17) is 21.1 Å². The van der Waals surface area contributed by atoms with Gasteiger partial charge in [-0.05, 0) is 43.9 Å². The first-order chi connectivity index (χ1) is 9.63. The van der Waals surface area contributed by atoms with Crippen LogP contribution >= 0.6 is 11.6 Å². The number of hydrogen-bond donors (Lipinski definition) is 1. The number of carbonyl (C=O) groups is 1. The molecule has 1 aromatic carbocycles. The van der Waals surface area contributed by atoms with Gasteiger partial charge < -0.3 is 14.8 Å². The molecule has 0 amide bonds. The molecule has 1 saturated carbocycles. The summed E-state index contributed by atoms with van der Waals surface area (Å²) >= 11 is 6.02. The van der Waals surface area contributed by atoms with Crippen LogP contribution < -0.4 is 5.32 Å². The molecule has 5 heteroatoms. The molecule has 110 valence electrons. The van der Waals surface area contributed by atoms with Gasteiger partial charge in [-0.3, -0.25) is 0 Å². The molecule has 1 aromatic rings. The molecule has 0 saturated heterocycles. The van der Waals surface area contributed by atoms with E-state index in [0.29, 0.717) is 10.6 Å². The zero-order valence-electron chi connectivity index (χ0n) is 11.8. The number of rotatable bonds is 4. The molecule has 2 rings (SSSR count). The third-order valence-corrected chi connectivity index (χ3v) is 3.94. The first-order valence-electron chi connectivity index (χ1n) is 6.81.